The highest BCUT2D eigenvalue weighted by atomic mass is 16.5. The van der Waals surface area contributed by atoms with Crippen molar-refractivity contribution in [2.24, 2.45) is 5.73 Å². The fraction of sp³-hybridized carbons (Fsp3) is 0.625. The molecular formula is C8H12N4O3. The van der Waals surface area contributed by atoms with E-state index >= 15 is 0 Å². The molecule has 1 aliphatic rings. The zero-order valence-corrected chi connectivity index (χ0v) is 8.09. The lowest BCUT2D eigenvalue weighted by Gasteiger charge is -2.18. The maximum atomic E-state index is 10.9. The fourth-order valence-electron chi connectivity index (χ4n) is 1.69. The van der Waals surface area contributed by atoms with E-state index in [4.69, 9.17) is 10.8 Å². The summed E-state index contributed by atoms with van der Waals surface area (Å²) in [4.78, 5) is 16.6. The van der Waals surface area contributed by atoms with Gasteiger partial charge in [-0.3, -0.25) is 9.69 Å². The molecule has 0 amide bonds. The Morgan fingerprint density at radius 2 is 2.60 bits per heavy atom. The Kier molecular flexibility index (Phi) is 2.41. The van der Waals surface area contributed by atoms with Crippen molar-refractivity contribution in [3.8, 4) is 0 Å². The molecule has 1 unspecified atom stereocenters. The highest BCUT2D eigenvalue weighted by molar-refractivity contribution is 5.79. The van der Waals surface area contributed by atoms with Gasteiger partial charge in [-0.15, -0.1) is 0 Å². The maximum Gasteiger partial charge on any atom is 0.325 e. The lowest BCUT2D eigenvalue weighted by atomic mass is 10.0. The van der Waals surface area contributed by atoms with Crippen LogP contribution in [0.15, 0.2) is 10.9 Å². The summed E-state index contributed by atoms with van der Waals surface area (Å²) < 4.78 is 4.59. The molecule has 1 aromatic rings. The van der Waals surface area contributed by atoms with E-state index in [2.05, 4.69) is 14.7 Å². The predicted molar refractivity (Wildman–Crippen MR) is 48.7 cm³/mol. The number of rotatable bonds is 3. The number of likely N-dealkylation sites (tertiary alicyclic amines) is 1. The van der Waals surface area contributed by atoms with Gasteiger partial charge < -0.3 is 15.4 Å². The molecule has 1 aromatic heterocycles. The average molecular weight is 212 g/mol. The highest BCUT2D eigenvalue weighted by Gasteiger charge is 2.41. The molecule has 0 saturated carbocycles. The van der Waals surface area contributed by atoms with Gasteiger partial charge in [-0.05, 0) is 6.42 Å². The number of hydrogen-bond donors (Lipinski definition) is 2. The van der Waals surface area contributed by atoms with Crippen LogP contribution in [0.5, 0.6) is 0 Å². The lowest BCUT2D eigenvalue weighted by molar-refractivity contribution is -0.142. The van der Waals surface area contributed by atoms with Crippen LogP contribution in [-0.4, -0.2) is 44.7 Å². The smallest absolute Gasteiger partial charge is 0.325 e. The number of nitrogens with two attached hydrogens (primary N) is 1. The minimum Gasteiger partial charge on any atom is -0.480 e. The number of carboxylic acids is 1. The number of carboxylic acid groups (broad SMARTS) is 1. The largest absolute Gasteiger partial charge is 0.480 e. The summed E-state index contributed by atoms with van der Waals surface area (Å²) in [5, 5.41) is 12.6. The van der Waals surface area contributed by atoms with Gasteiger partial charge >= 0.3 is 5.97 Å². The molecule has 15 heavy (non-hydrogen) atoms. The molecule has 2 heterocycles. The monoisotopic (exact) mass is 212 g/mol. The minimum atomic E-state index is -1.14. The summed E-state index contributed by atoms with van der Waals surface area (Å²) in [5.41, 5.74) is 4.58. The van der Waals surface area contributed by atoms with Crippen LogP contribution in [-0.2, 0) is 11.3 Å². The van der Waals surface area contributed by atoms with Crippen LogP contribution in [0, 0.1) is 0 Å². The summed E-state index contributed by atoms with van der Waals surface area (Å²) in [6, 6.07) is 0. The van der Waals surface area contributed by atoms with E-state index in [-0.39, 0.29) is 0 Å². The molecule has 7 heteroatoms. The van der Waals surface area contributed by atoms with Crippen molar-refractivity contribution in [2.45, 2.75) is 18.5 Å². The Morgan fingerprint density at radius 1 is 1.80 bits per heavy atom. The van der Waals surface area contributed by atoms with Crippen LogP contribution in [0.25, 0.3) is 0 Å². The Labute approximate surface area is 85.9 Å². The van der Waals surface area contributed by atoms with Crippen molar-refractivity contribution in [2.75, 3.05) is 13.1 Å². The second-order valence-electron chi connectivity index (χ2n) is 3.77. The van der Waals surface area contributed by atoms with Crippen LogP contribution in [0.2, 0.25) is 0 Å². The van der Waals surface area contributed by atoms with E-state index in [1.807, 2.05) is 4.90 Å². The second-order valence-corrected chi connectivity index (χ2v) is 3.77. The molecule has 0 aromatic carbocycles. The van der Waals surface area contributed by atoms with Crippen LogP contribution in [0.4, 0.5) is 0 Å². The van der Waals surface area contributed by atoms with Crippen molar-refractivity contribution in [3.63, 3.8) is 0 Å². The van der Waals surface area contributed by atoms with Gasteiger partial charge in [0.1, 0.15) is 5.54 Å². The predicted octanol–water partition coefficient (Wildman–Crippen LogP) is -0.943. The minimum absolute atomic E-state index is 0.316. The average Bonchev–Trinajstić information content (AvgIpc) is 2.77. The number of hydrogen-bond acceptors (Lipinski definition) is 6. The van der Waals surface area contributed by atoms with Crippen LogP contribution < -0.4 is 5.73 Å². The molecule has 0 aliphatic carbocycles. The van der Waals surface area contributed by atoms with Crippen LogP contribution in [0.3, 0.4) is 0 Å². The first kappa shape index (κ1) is 10.1. The van der Waals surface area contributed by atoms with Gasteiger partial charge in [0.15, 0.2) is 5.82 Å². The molecule has 0 bridgehead atoms. The molecule has 0 radical (unpaired) electrons. The fourth-order valence-corrected chi connectivity index (χ4v) is 1.69. The molecule has 82 valence electrons. The summed E-state index contributed by atoms with van der Waals surface area (Å²) in [6.45, 7) is 1.43. The summed E-state index contributed by atoms with van der Waals surface area (Å²) >= 11 is 0. The van der Waals surface area contributed by atoms with Gasteiger partial charge in [-0.1, -0.05) is 5.16 Å². The molecule has 0 spiro atoms. The van der Waals surface area contributed by atoms with Crippen molar-refractivity contribution in [3.05, 3.63) is 12.2 Å². The number of carbonyl (C=O) groups is 1. The van der Waals surface area contributed by atoms with Crippen molar-refractivity contribution in [1.29, 1.82) is 0 Å². The topological polar surface area (TPSA) is 105 Å². The molecule has 3 N–H and O–H groups in total. The van der Waals surface area contributed by atoms with E-state index in [1.54, 1.807) is 0 Å². The van der Waals surface area contributed by atoms with Gasteiger partial charge in [0.2, 0.25) is 6.39 Å². The third-order valence-electron chi connectivity index (χ3n) is 2.58. The number of aromatic nitrogens is 2. The molecule has 1 aliphatic heterocycles. The first-order valence-electron chi connectivity index (χ1n) is 4.60. The summed E-state index contributed by atoms with van der Waals surface area (Å²) in [5.74, 6) is -0.414. The third-order valence-corrected chi connectivity index (χ3v) is 2.58. The number of nitrogens with zero attached hydrogens (tertiary/aromatic N) is 3. The molecular weight excluding hydrogens is 200 g/mol. The third kappa shape index (κ3) is 1.97. The quantitative estimate of drug-likeness (QED) is 0.665. The Bertz CT molecular complexity index is 353. The van der Waals surface area contributed by atoms with Gasteiger partial charge in [0.05, 0.1) is 6.54 Å². The van der Waals surface area contributed by atoms with Crippen molar-refractivity contribution in [1.82, 2.24) is 15.0 Å². The summed E-state index contributed by atoms with van der Waals surface area (Å²) in [6.07, 6.45) is 1.69. The van der Waals surface area contributed by atoms with Gasteiger partial charge in [-0.25, -0.2) is 0 Å². The molecule has 7 nitrogen and oxygen atoms in total. The zero-order chi connectivity index (χ0) is 10.9. The van der Waals surface area contributed by atoms with Crippen molar-refractivity contribution < 1.29 is 14.4 Å². The maximum absolute atomic E-state index is 10.9. The Balaban J connectivity index is 1.96. The molecule has 1 fully saturated rings. The van der Waals surface area contributed by atoms with Gasteiger partial charge in [0.25, 0.3) is 0 Å². The first-order valence-corrected chi connectivity index (χ1v) is 4.60. The van der Waals surface area contributed by atoms with E-state index in [9.17, 15) is 4.79 Å². The lowest BCUT2D eigenvalue weighted by Crippen LogP contribution is -2.50. The van der Waals surface area contributed by atoms with Gasteiger partial charge in [0, 0.05) is 13.1 Å². The van der Waals surface area contributed by atoms with Crippen LogP contribution >= 0.6 is 0 Å². The molecule has 1 saturated heterocycles. The van der Waals surface area contributed by atoms with E-state index in [1.165, 1.54) is 6.39 Å². The van der Waals surface area contributed by atoms with Crippen LogP contribution in [0.1, 0.15) is 12.2 Å². The van der Waals surface area contributed by atoms with E-state index < -0.39 is 11.5 Å². The summed E-state index contributed by atoms with van der Waals surface area (Å²) in [7, 11) is 0. The molecule has 2 rings (SSSR count). The standard InChI is InChI=1S/C8H12N4O3/c9-8(7(13)14)1-2-12(4-8)3-6-10-5-15-11-6/h5H,1-4,9H2,(H,13,14). The normalized spacial score (nSPS) is 27.0. The van der Waals surface area contributed by atoms with E-state index in [0.717, 1.165) is 0 Å². The second kappa shape index (κ2) is 3.59. The molecule has 1 atom stereocenters. The highest BCUT2D eigenvalue weighted by Crippen LogP contribution is 2.19. The zero-order valence-electron chi connectivity index (χ0n) is 8.09. The Morgan fingerprint density at radius 3 is 3.13 bits per heavy atom. The Hall–Kier alpha value is -1.47. The van der Waals surface area contributed by atoms with Crippen molar-refractivity contribution >= 4 is 5.97 Å². The number of aliphatic carboxylic acids is 1. The van der Waals surface area contributed by atoms with E-state index in [0.29, 0.717) is 31.9 Å². The van der Waals surface area contributed by atoms with Gasteiger partial charge in [-0.2, -0.15) is 4.98 Å². The first-order chi connectivity index (χ1) is 7.10. The SMILES string of the molecule is NC1(C(=O)O)CCN(Cc2ncon2)C1.